The maximum atomic E-state index is 13.3. The van der Waals surface area contributed by atoms with Crippen molar-refractivity contribution in [1.82, 2.24) is 0 Å². The van der Waals surface area contributed by atoms with E-state index >= 15 is 0 Å². The molecule has 0 aromatic heterocycles. The molecule has 0 aliphatic carbocycles. The second-order valence-electron chi connectivity index (χ2n) is 3.36. The van der Waals surface area contributed by atoms with Gasteiger partial charge in [-0.1, -0.05) is 6.07 Å². The molecular formula is C10H10FO2P. The highest BCUT2D eigenvalue weighted by Gasteiger charge is 2.23. The fraction of sp³-hybridized carbons (Fsp3) is 0.300. The highest BCUT2D eigenvalue weighted by Crippen LogP contribution is 2.29. The maximum absolute atomic E-state index is 13.3. The topological polar surface area (TPSA) is 26.3 Å². The van der Waals surface area contributed by atoms with Gasteiger partial charge < -0.3 is 9.53 Å². The summed E-state index contributed by atoms with van der Waals surface area (Å²) in [6, 6.07) is 3.05. The van der Waals surface area contributed by atoms with Crippen molar-refractivity contribution in [3.8, 4) is 5.75 Å². The number of benzene rings is 1. The molecular weight excluding hydrogens is 202 g/mol. The van der Waals surface area contributed by atoms with E-state index in [1.807, 2.05) is 0 Å². The van der Waals surface area contributed by atoms with E-state index in [0.717, 1.165) is 17.2 Å². The Balaban J connectivity index is 2.45. The Morgan fingerprint density at radius 1 is 1.57 bits per heavy atom. The molecule has 0 fully saturated rings. The summed E-state index contributed by atoms with van der Waals surface area (Å²) in [4.78, 5) is 10.6. The molecule has 0 bridgehead atoms. The summed E-state index contributed by atoms with van der Waals surface area (Å²) in [6.45, 7) is 0.279. The highest BCUT2D eigenvalue weighted by molar-refractivity contribution is 7.27. The van der Waals surface area contributed by atoms with Crippen molar-refractivity contribution in [3.05, 3.63) is 23.5 Å². The molecule has 0 radical (unpaired) electrons. The molecule has 1 aromatic rings. The second kappa shape index (κ2) is 3.66. The van der Waals surface area contributed by atoms with Crippen LogP contribution in [0.15, 0.2) is 12.1 Å². The minimum Gasteiger partial charge on any atom is -0.489 e. The first-order valence-corrected chi connectivity index (χ1v) is 4.95. The van der Waals surface area contributed by atoms with Gasteiger partial charge in [0.25, 0.3) is 0 Å². The fourth-order valence-electron chi connectivity index (χ4n) is 1.58. The summed E-state index contributed by atoms with van der Waals surface area (Å²) >= 11 is 0. The first kappa shape index (κ1) is 9.60. The van der Waals surface area contributed by atoms with Gasteiger partial charge in [-0.2, -0.15) is 0 Å². The lowest BCUT2D eigenvalue weighted by Crippen LogP contribution is -2.25. The van der Waals surface area contributed by atoms with Gasteiger partial charge in [-0.25, -0.2) is 4.39 Å². The number of ether oxygens (including phenoxy) is 1. The lowest BCUT2D eigenvalue weighted by molar-refractivity contribution is -0.112. The van der Waals surface area contributed by atoms with Gasteiger partial charge >= 0.3 is 0 Å². The lowest BCUT2D eigenvalue weighted by atomic mass is 9.98. The van der Waals surface area contributed by atoms with Crippen LogP contribution in [0.5, 0.6) is 5.75 Å². The zero-order chi connectivity index (χ0) is 10.1. The van der Waals surface area contributed by atoms with Crippen molar-refractivity contribution in [2.45, 2.75) is 6.42 Å². The van der Waals surface area contributed by atoms with Crippen LogP contribution in [0.3, 0.4) is 0 Å². The van der Waals surface area contributed by atoms with E-state index in [1.165, 1.54) is 6.07 Å². The van der Waals surface area contributed by atoms with E-state index in [9.17, 15) is 9.18 Å². The van der Waals surface area contributed by atoms with Crippen LogP contribution in [0, 0.1) is 11.7 Å². The summed E-state index contributed by atoms with van der Waals surface area (Å²) < 4.78 is 18.5. The molecule has 1 heterocycles. The number of rotatable bonds is 1. The number of hydrogen-bond acceptors (Lipinski definition) is 2. The van der Waals surface area contributed by atoms with Crippen molar-refractivity contribution in [3.63, 3.8) is 0 Å². The normalized spacial score (nSPS) is 19.7. The predicted octanol–water partition coefficient (Wildman–Crippen LogP) is 1.08. The van der Waals surface area contributed by atoms with Gasteiger partial charge in [0.15, 0.2) is 11.6 Å². The van der Waals surface area contributed by atoms with Crippen LogP contribution in [0.25, 0.3) is 0 Å². The summed E-state index contributed by atoms with van der Waals surface area (Å²) in [5.41, 5.74) is 0.790. The van der Waals surface area contributed by atoms with Gasteiger partial charge in [0.1, 0.15) is 6.29 Å². The van der Waals surface area contributed by atoms with Gasteiger partial charge in [0.2, 0.25) is 0 Å². The second-order valence-corrected chi connectivity index (χ2v) is 3.98. The Kier molecular flexibility index (Phi) is 2.51. The average molecular weight is 212 g/mol. The molecule has 1 unspecified atom stereocenters. The average Bonchev–Trinajstić information content (AvgIpc) is 2.23. The number of hydrogen-bond donors (Lipinski definition) is 0. The van der Waals surface area contributed by atoms with Gasteiger partial charge in [0, 0.05) is 5.56 Å². The Bertz CT molecular complexity index is 379. The molecule has 1 aliphatic heterocycles. The highest BCUT2D eigenvalue weighted by atomic mass is 31.0. The summed E-state index contributed by atoms with van der Waals surface area (Å²) in [5.74, 6) is -0.199. The van der Waals surface area contributed by atoms with E-state index in [2.05, 4.69) is 9.24 Å². The molecule has 2 nitrogen and oxygen atoms in total. The molecule has 74 valence electrons. The number of aldehydes is 1. The van der Waals surface area contributed by atoms with Crippen molar-refractivity contribution in [1.29, 1.82) is 0 Å². The number of carbonyl (C=O) groups is 1. The first-order valence-electron chi connectivity index (χ1n) is 4.37. The third kappa shape index (κ3) is 1.53. The third-order valence-electron chi connectivity index (χ3n) is 2.35. The SMILES string of the molecule is O=C[C@@H]1COc2c(F)ccc(P)c2C1. The molecule has 2 rings (SSSR count). The molecule has 1 aliphatic rings. The zero-order valence-electron chi connectivity index (χ0n) is 7.50. The lowest BCUT2D eigenvalue weighted by Gasteiger charge is -2.23. The summed E-state index contributed by atoms with van der Waals surface area (Å²) in [7, 11) is 2.53. The molecule has 14 heavy (non-hydrogen) atoms. The molecule has 0 saturated carbocycles. The quantitative estimate of drug-likeness (QED) is 0.514. The molecule has 1 aromatic carbocycles. The minimum atomic E-state index is -0.351. The maximum Gasteiger partial charge on any atom is 0.165 e. The van der Waals surface area contributed by atoms with Crippen molar-refractivity contribution < 1.29 is 13.9 Å². The molecule has 0 amide bonds. The zero-order valence-corrected chi connectivity index (χ0v) is 8.65. The Labute approximate surface area is 83.7 Å². The summed E-state index contributed by atoms with van der Waals surface area (Å²) in [6.07, 6.45) is 1.42. The minimum absolute atomic E-state index is 0.149. The van der Waals surface area contributed by atoms with E-state index in [-0.39, 0.29) is 18.3 Å². The van der Waals surface area contributed by atoms with Gasteiger partial charge in [0.05, 0.1) is 12.5 Å². The number of fused-ring (bicyclic) bond motifs is 1. The van der Waals surface area contributed by atoms with Crippen LogP contribution in [0.2, 0.25) is 0 Å². The fourth-order valence-corrected chi connectivity index (χ4v) is 1.93. The monoisotopic (exact) mass is 212 g/mol. The first-order chi connectivity index (χ1) is 6.72. The summed E-state index contributed by atoms with van der Waals surface area (Å²) in [5, 5.41) is 0.896. The predicted molar refractivity (Wildman–Crippen MR) is 54.5 cm³/mol. The Morgan fingerprint density at radius 2 is 2.36 bits per heavy atom. The molecule has 0 spiro atoms. The van der Waals surface area contributed by atoms with Gasteiger partial charge in [-0.05, 0) is 17.8 Å². The smallest absolute Gasteiger partial charge is 0.165 e. The van der Waals surface area contributed by atoms with Crippen molar-refractivity contribution in [2.75, 3.05) is 6.61 Å². The Morgan fingerprint density at radius 3 is 3.07 bits per heavy atom. The molecule has 2 atom stereocenters. The van der Waals surface area contributed by atoms with Crippen molar-refractivity contribution >= 4 is 20.8 Å². The van der Waals surface area contributed by atoms with E-state index in [0.29, 0.717) is 12.2 Å². The van der Waals surface area contributed by atoms with Crippen LogP contribution in [0.1, 0.15) is 5.56 Å². The standard InChI is InChI=1S/C10H10FO2P/c11-8-1-2-9(14)7-3-6(4-12)5-13-10(7)8/h1-2,4,6H,3,5,14H2/t6-/m1/s1. The van der Waals surface area contributed by atoms with Gasteiger partial charge in [-0.15, -0.1) is 9.24 Å². The van der Waals surface area contributed by atoms with Crippen LogP contribution < -0.4 is 10.0 Å². The number of carbonyl (C=O) groups excluding carboxylic acids is 1. The van der Waals surface area contributed by atoms with E-state index in [1.54, 1.807) is 6.07 Å². The van der Waals surface area contributed by atoms with Crippen LogP contribution in [0.4, 0.5) is 4.39 Å². The third-order valence-corrected chi connectivity index (χ3v) is 2.89. The van der Waals surface area contributed by atoms with Crippen LogP contribution in [-0.4, -0.2) is 12.9 Å². The Hall–Kier alpha value is -0.950. The largest absolute Gasteiger partial charge is 0.489 e. The van der Waals surface area contributed by atoms with E-state index < -0.39 is 0 Å². The molecule has 4 heteroatoms. The van der Waals surface area contributed by atoms with Crippen LogP contribution >= 0.6 is 9.24 Å². The number of halogens is 1. The van der Waals surface area contributed by atoms with Crippen molar-refractivity contribution in [2.24, 2.45) is 5.92 Å². The van der Waals surface area contributed by atoms with Crippen LogP contribution in [-0.2, 0) is 11.2 Å². The van der Waals surface area contributed by atoms with Gasteiger partial charge in [-0.3, -0.25) is 0 Å². The molecule has 0 N–H and O–H groups in total. The van der Waals surface area contributed by atoms with E-state index in [4.69, 9.17) is 4.74 Å². The molecule has 0 saturated heterocycles.